The van der Waals surface area contributed by atoms with Crippen LogP contribution < -0.4 is 5.73 Å². The number of hydrogen-bond donors (Lipinski definition) is 3. The third kappa shape index (κ3) is 7.17. The van der Waals surface area contributed by atoms with Gasteiger partial charge in [0.1, 0.15) is 18.9 Å². The third-order valence-corrected chi connectivity index (χ3v) is 3.23. The van der Waals surface area contributed by atoms with E-state index in [1.165, 1.54) is 6.92 Å². The van der Waals surface area contributed by atoms with Gasteiger partial charge in [-0.25, -0.2) is 0 Å². The molecule has 0 spiro atoms. The first-order chi connectivity index (χ1) is 10.7. The highest BCUT2D eigenvalue weighted by atomic mass is 16.5. The molecular formula is C17H28N3O3+. The number of phenols is 1. The monoisotopic (exact) mass is 322 g/mol. The van der Waals surface area contributed by atoms with Gasteiger partial charge in [0.2, 0.25) is 0 Å². The Labute approximate surface area is 137 Å². The maximum absolute atomic E-state index is 10.3. The number of esters is 1. The van der Waals surface area contributed by atoms with Gasteiger partial charge in [-0.2, -0.15) is 0 Å². The molecule has 0 saturated carbocycles. The lowest BCUT2D eigenvalue weighted by Crippen LogP contribution is -2.37. The SMILES string of the molecule is CC(=O)OCC[N+](C)(C)C.NCCc1c[nH]c2ccc(O)cc12. The van der Waals surface area contributed by atoms with Crippen LogP contribution in [0, 0.1) is 0 Å². The number of hydrogen-bond acceptors (Lipinski definition) is 4. The quantitative estimate of drug-likeness (QED) is 0.577. The Kier molecular flexibility index (Phi) is 7.06. The van der Waals surface area contributed by atoms with Crippen molar-refractivity contribution in [3.05, 3.63) is 30.0 Å². The molecule has 0 unspecified atom stereocenters. The number of benzene rings is 1. The summed E-state index contributed by atoms with van der Waals surface area (Å²) in [5.41, 5.74) is 7.68. The number of carbonyl (C=O) groups is 1. The Morgan fingerprint density at radius 3 is 2.61 bits per heavy atom. The molecule has 1 aromatic heterocycles. The minimum absolute atomic E-state index is 0.201. The molecule has 1 heterocycles. The predicted octanol–water partition coefficient (Wildman–Crippen LogP) is 1.63. The fraction of sp³-hybridized carbons (Fsp3) is 0.471. The number of aromatic hydroxyl groups is 1. The molecule has 0 saturated heterocycles. The van der Waals surface area contributed by atoms with Crippen LogP contribution in [0.1, 0.15) is 12.5 Å². The van der Waals surface area contributed by atoms with Crippen molar-refractivity contribution in [2.75, 3.05) is 40.8 Å². The van der Waals surface area contributed by atoms with Crippen molar-refractivity contribution in [1.29, 1.82) is 0 Å². The van der Waals surface area contributed by atoms with Crippen molar-refractivity contribution in [2.24, 2.45) is 5.73 Å². The summed E-state index contributed by atoms with van der Waals surface area (Å²) in [6.45, 7) is 3.43. The second-order valence-electron chi connectivity index (χ2n) is 6.44. The van der Waals surface area contributed by atoms with Gasteiger partial charge in [0.25, 0.3) is 0 Å². The van der Waals surface area contributed by atoms with Gasteiger partial charge in [0.15, 0.2) is 0 Å². The number of nitrogens with two attached hydrogens (primary N) is 1. The van der Waals surface area contributed by atoms with Gasteiger partial charge in [-0.1, -0.05) is 0 Å². The average Bonchev–Trinajstić information content (AvgIpc) is 2.81. The Balaban J connectivity index is 0.000000241. The van der Waals surface area contributed by atoms with Gasteiger partial charge in [-0.05, 0) is 36.7 Å². The maximum atomic E-state index is 10.3. The largest absolute Gasteiger partial charge is 0.508 e. The maximum Gasteiger partial charge on any atom is 0.302 e. The lowest BCUT2D eigenvalue weighted by Gasteiger charge is -2.23. The zero-order valence-electron chi connectivity index (χ0n) is 14.4. The van der Waals surface area contributed by atoms with Crippen LogP contribution in [0.25, 0.3) is 10.9 Å². The number of H-pyrrole nitrogens is 1. The number of aromatic amines is 1. The van der Waals surface area contributed by atoms with E-state index >= 15 is 0 Å². The average molecular weight is 322 g/mol. The normalized spacial score (nSPS) is 11.0. The standard InChI is InChI=1S/C10H12N2O.C7H16NO2/c11-4-3-7-6-12-10-2-1-8(13)5-9(7)10;1-7(9)10-6-5-8(2,3)4/h1-2,5-6,12-13H,3-4,11H2;5-6H2,1-4H3/q;+1. The van der Waals surface area contributed by atoms with E-state index < -0.39 is 0 Å². The molecule has 0 bridgehead atoms. The topological polar surface area (TPSA) is 88.3 Å². The number of carbonyl (C=O) groups excluding carboxylic acids is 1. The van der Waals surface area contributed by atoms with E-state index in [9.17, 15) is 9.90 Å². The van der Waals surface area contributed by atoms with E-state index in [0.717, 1.165) is 33.9 Å². The zero-order valence-corrected chi connectivity index (χ0v) is 14.4. The molecular weight excluding hydrogens is 294 g/mol. The molecule has 2 aromatic rings. The molecule has 0 aliphatic heterocycles. The molecule has 2 rings (SSSR count). The van der Waals surface area contributed by atoms with E-state index in [4.69, 9.17) is 10.5 Å². The molecule has 0 aliphatic carbocycles. The fourth-order valence-electron chi connectivity index (χ4n) is 1.99. The Morgan fingerprint density at radius 1 is 1.35 bits per heavy atom. The van der Waals surface area contributed by atoms with Crippen molar-refractivity contribution in [1.82, 2.24) is 4.98 Å². The third-order valence-electron chi connectivity index (χ3n) is 3.23. The van der Waals surface area contributed by atoms with Gasteiger partial charge in [0.05, 0.1) is 21.1 Å². The number of rotatable bonds is 5. The Bertz CT molecular complexity index is 630. The second-order valence-corrected chi connectivity index (χ2v) is 6.44. The van der Waals surface area contributed by atoms with Gasteiger partial charge in [0, 0.05) is 24.0 Å². The number of phenolic OH excluding ortho intramolecular Hbond substituents is 1. The van der Waals surface area contributed by atoms with E-state index in [0.29, 0.717) is 18.9 Å². The number of nitrogens with one attached hydrogen (secondary N) is 1. The highest BCUT2D eigenvalue weighted by molar-refractivity contribution is 5.84. The second kappa shape index (κ2) is 8.55. The molecule has 1 aromatic carbocycles. The first kappa shape index (κ1) is 19.0. The van der Waals surface area contributed by atoms with Gasteiger partial charge in [-0.3, -0.25) is 4.79 Å². The summed E-state index contributed by atoms with van der Waals surface area (Å²) in [6, 6.07) is 5.30. The zero-order chi connectivity index (χ0) is 17.5. The van der Waals surface area contributed by atoms with Crippen molar-refractivity contribution < 1.29 is 19.1 Å². The molecule has 0 aliphatic rings. The highest BCUT2D eigenvalue weighted by Gasteiger charge is 2.06. The van der Waals surface area contributed by atoms with Gasteiger partial charge >= 0.3 is 5.97 Å². The summed E-state index contributed by atoms with van der Waals surface area (Å²) in [7, 11) is 6.18. The van der Waals surface area contributed by atoms with Crippen LogP contribution in [0.4, 0.5) is 0 Å². The van der Waals surface area contributed by atoms with Crippen LogP contribution in [-0.4, -0.2) is 61.4 Å². The van der Waals surface area contributed by atoms with Crippen LogP contribution in [0.3, 0.4) is 0 Å². The lowest BCUT2D eigenvalue weighted by molar-refractivity contribution is -0.870. The van der Waals surface area contributed by atoms with Crippen LogP contribution in [-0.2, 0) is 16.0 Å². The summed E-state index contributed by atoms with van der Waals surface area (Å²) in [5.74, 6) is 0.0961. The summed E-state index contributed by atoms with van der Waals surface area (Å²) in [5, 5.41) is 10.4. The molecule has 6 heteroatoms. The van der Waals surface area contributed by atoms with Crippen LogP contribution in [0.5, 0.6) is 5.75 Å². The fourth-order valence-corrected chi connectivity index (χ4v) is 1.99. The van der Waals surface area contributed by atoms with Gasteiger partial charge in [-0.15, -0.1) is 0 Å². The van der Waals surface area contributed by atoms with E-state index in [-0.39, 0.29) is 5.97 Å². The number of fused-ring (bicyclic) bond motifs is 1. The number of likely N-dealkylation sites (N-methyl/N-ethyl adjacent to an activating group) is 1. The highest BCUT2D eigenvalue weighted by Crippen LogP contribution is 2.22. The van der Waals surface area contributed by atoms with Crippen molar-refractivity contribution >= 4 is 16.9 Å². The molecule has 4 N–H and O–H groups in total. The minimum atomic E-state index is -0.201. The van der Waals surface area contributed by atoms with E-state index in [1.54, 1.807) is 12.1 Å². The van der Waals surface area contributed by atoms with Crippen LogP contribution in [0.15, 0.2) is 24.4 Å². The first-order valence-corrected chi connectivity index (χ1v) is 7.66. The van der Waals surface area contributed by atoms with Crippen molar-refractivity contribution in [3.63, 3.8) is 0 Å². The summed E-state index contributed by atoms with van der Waals surface area (Å²) < 4.78 is 5.59. The van der Waals surface area contributed by atoms with Crippen molar-refractivity contribution in [2.45, 2.75) is 13.3 Å². The molecule has 6 nitrogen and oxygen atoms in total. The van der Waals surface area contributed by atoms with Crippen LogP contribution in [0.2, 0.25) is 0 Å². The number of nitrogens with zero attached hydrogens (tertiary/aromatic N) is 1. The van der Waals surface area contributed by atoms with Crippen LogP contribution >= 0.6 is 0 Å². The van der Waals surface area contributed by atoms with E-state index in [2.05, 4.69) is 26.1 Å². The van der Waals surface area contributed by atoms with Crippen molar-refractivity contribution in [3.8, 4) is 5.75 Å². The number of ether oxygens (including phenoxy) is 1. The van der Waals surface area contributed by atoms with Gasteiger partial charge < -0.3 is 25.0 Å². The Hall–Kier alpha value is -2.05. The molecule has 0 amide bonds. The molecule has 128 valence electrons. The first-order valence-electron chi connectivity index (χ1n) is 7.66. The Morgan fingerprint density at radius 2 is 2.04 bits per heavy atom. The molecule has 0 radical (unpaired) electrons. The molecule has 0 atom stereocenters. The molecule has 23 heavy (non-hydrogen) atoms. The predicted molar refractivity (Wildman–Crippen MR) is 92.3 cm³/mol. The lowest BCUT2D eigenvalue weighted by atomic mass is 10.1. The number of quaternary nitrogens is 1. The van der Waals surface area contributed by atoms with E-state index in [1.807, 2.05) is 12.3 Å². The smallest absolute Gasteiger partial charge is 0.302 e. The summed E-state index contributed by atoms with van der Waals surface area (Å²) in [6.07, 6.45) is 2.78. The summed E-state index contributed by atoms with van der Waals surface area (Å²) in [4.78, 5) is 13.4. The number of aromatic nitrogens is 1. The minimum Gasteiger partial charge on any atom is -0.508 e. The molecule has 0 fully saturated rings. The summed E-state index contributed by atoms with van der Waals surface area (Å²) >= 11 is 0.